The van der Waals surface area contributed by atoms with E-state index in [4.69, 9.17) is 29.2 Å². The summed E-state index contributed by atoms with van der Waals surface area (Å²) in [5.74, 6) is -4.36. The van der Waals surface area contributed by atoms with Crippen LogP contribution in [0.25, 0.3) is 0 Å². The molecule has 1 N–H and O–H groups in total. The van der Waals surface area contributed by atoms with Gasteiger partial charge in [0.1, 0.15) is 12.7 Å². The SMILES string of the molecule is [2H]CC(=O)OC[C@H]1OC(Nc2ncc(C(=O)C(C)(C)C)s2)[C@@H](OC(=O)C[2H])[C@@H](OC(=O)C[2H])[C@@H]1OC(=O)C[2H]. The van der Waals surface area contributed by atoms with Crippen LogP contribution in [0.15, 0.2) is 6.20 Å². The van der Waals surface area contributed by atoms with Gasteiger partial charge in [0, 0.05) is 38.5 Å². The van der Waals surface area contributed by atoms with Crippen LogP contribution in [0.3, 0.4) is 0 Å². The number of ketones is 1. The lowest BCUT2D eigenvalue weighted by Crippen LogP contribution is -2.64. The standard InChI is InChI=1S/C22H30N2O10S/c1-10(25)30-9-14-16(31-11(2)26)17(32-12(3)27)18(33-13(4)28)20(34-14)24-21-23-8-15(35-21)19(29)22(5,6)7/h8,14,16-18,20H,9H2,1-7H3,(H,23,24)/t14-,16-,17+,18+,20?/m1/s1/i1D,2D,3D,4D. The van der Waals surface area contributed by atoms with E-state index in [9.17, 15) is 24.0 Å². The first-order chi connectivity index (χ1) is 18.3. The molecule has 0 radical (unpaired) electrons. The summed E-state index contributed by atoms with van der Waals surface area (Å²) in [6.45, 7) is 1.36. The first-order valence-electron chi connectivity index (χ1n) is 13.0. The highest BCUT2D eigenvalue weighted by Gasteiger charge is 2.52. The third kappa shape index (κ3) is 7.99. The fraction of sp³-hybridized carbons (Fsp3) is 0.636. The van der Waals surface area contributed by atoms with E-state index in [1.54, 1.807) is 20.8 Å². The molecule has 0 saturated carbocycles. The number of hydrogen-bond donors (Lipinski definition) is 1. The van der Waals surface area contributed by atoms with Crippen molar-refractivity contribution in [1.29, 1.82) is 0 Å². The minimum Gasteiger partial charge on any atom is -0.463 e. The van der Waals surface area contributed by atoms with Crippen molar-refractivity contribution in [3.8, 4) is 0 Å². The van der Waals surface area contributed by atoms with Crippen molar-refractivity contribution in [1.82, 2.24) is 4.98 Å². The molecule has 0 aliphatic carbocycles. The minimum atomic E-state index is -1.63. The van der Waals surface area contributed by atoms with Crippen LogP contribution >= 0.6 is 11.3 Å². The van der Waals surface area contributed by atoms with Crippen molar-refractivity contribution in [2.24, 2.45) is 5.41 Å². The number of carbonyl (C=O) groups excluding carboxylic acids is 5. The fourth-order valence-electron chi connectivity index (χ4n) is 3.14. The third-order valence-electron chi connectivity index (χ3n) is 4.52. The minimum absolute atomic E-state index is 0.133. The second-order valence-electron chi connectivity index (χ2n) is 8.39. The molecule has 1 fully saturated rings. The molecule has 2 heterocycles. The van der Waals surface area contributed by atoms with Crippen molar-refractivity contribution >= 4 is 46.1 Å². The molecule has 194 valence electrons. The molecule has 2 rings (SSSR count). The van der Waals surface area contributed by atoms with Gasteiger partial charge in [0.15, 0.2) is 35.5 Å². The van der Waals surface area contributed by atoms with Crippen LogP contribution in [0.1, 0.15) is 63.5 Å². The molecule has 0 bridgehead atoms. The maximum atomic E-state index is 12.6. The molecule has 1 aromatic rings. The summed E-state index contributed by atoms with van der Waals surface area (Å²) < 4.78 is 55.8. The first-order valence-corrected chi connectivity index (χ1v) is 11.0. The zero-order chi connectivity index (χ0) is 29.3. The molecule has 0 aromatic carbocycles. The number of ether oxygens (including phenoxy) is 5. The Balaban J connectivity index is 2.51. The van der Waals surface area contributed by atoms with Gasteiger partial charge in [0.2, 0.25) is 0 Å². The molecule has 5 atom stereocenters. The second-order valence-corrected chi connectivity index (χ2v) is 9.43. The number of nitrogens with one attached hydrogen (secondary N) is 1. The quantitative estimate of drug-likeness (QED) is 0.303. The number of rotatable bonds is 8. The molecule has 0 amide bonds. The van der Waals surface area contributed by atoms with Gasteiger partial charge in [-0.25, -0.2) is 4.98 Å². The van der Waals surface area contributed by atoms with Crippen molar-refractivity contribution in [3.63, 3.8) is 0 Å². The summed E-state index contributed by atoms with van der Waals surface area (Å²) in [6, 6.07) is 0. The van der Waals surface area contributed by atoms with E-state index in [-0.39, 0.29) is 10.9 Å². The van der Waals surface area contributed by atoms with Crippen molar-refractivity contribution in [2.75, 3.05) is 11.9 Å². The van der Waals surface area contributed by atoms with Gasteiger partial charge in [-0.2, -0.15) is 0 Å². The molecule has 35 heavy (non-hydrogen) atoms. The number of nitrogens with zero attached hydrogens (tertiary/aromatic N) is 1. The topological polar surface area (TPSA) is 156 Å². The fourth-order valence-corrected chi connectivity index (χ4v) is 4.13. The Kier molecular flexibility index (Phi) is 7.41. The maximum absolute atomic E-state index is 12.6. The van der Waals surface area contributed by atoms with Gasteiger partial charge in [0.25, 0.3) is 0 Å². The van der Waals surface area contributed by atoms with E-state index in [0.717, 1.165) is 11.3 Å². The average Bonchev–Trinajstić information content (AvgIpc) is 3.37. The zero-order valence-corrected chi connectivity index (χ0v) is 20.3. The number of esters is 4. The molecule has 1 aliphatic heterocycles. The van der Waals surface area contributed by atoms with E-state index in [1.165, 1.54) is 6.20 Å². The van der Waals surface area contributed by atoms with Gasteiger partial charge in [0.05, 0.1) is 11.1 Å². The molecule has 12 nitrogen and oxygen atoms in total. The van der Waals surface area contributed by atoms with Gasteiger partial charge in [-0.15, -0.1) is 0 Å². The van der Waals surface area contributed by atoms with Crippen LogP contribution in [0, 0.1) is 5.41 Å². The van der Waals surface area contributed by atoms with E-state index < -0.39 is 94.1 Å². The molecular formula is C22H30N2O10S. The van der Waals surface area contributed by atoms with E-state index in [0.29, 0.717) is 4.88 Å². The van der Waals surface area contributed by atoms with E-state index >= 15 is 0 Å². The maximum Gasteiger partial charge on any atom is 0.303 e. The van der Waals surface area contributed by atoms with Gasteiger partial charge in [-0.3, -0.25) is 24.0 Å². The van der Waals surface area contributed by atoms with Crippen molar-refractivity contribution < 1.29 is 53.1 Å². The summed E-state index contributed by atoms with van der Waals surface area (Å²) >= 11 is 0.959. The lowest BCUT2D eigenvalue weighted by atomic mass is 9.90. The van der Waals surface area contributed by atoms with Crippen LogP contribution in [0.4, 0.5) is 5.13 Å². The summed E-state index contributed by atoms with van der Waals surface area (Å²) in [5, 5.41) is 2.96. The van der Waals surface area contributed by atoms with Crippen LogP contribution in [-0.2, 0) is 42.9 Å². The van der Waals surface area contributed by atoms with Crippen molar-refractivity contribution in [3.05, 3.63) is 11.1 Å². The number of carbonyl (C=O) groups is 5. The molecular weight excluding hydrogens is 484 g/mol. The Morgan fingerprint density at radius 1 is 0.971 bits per heavy atom. The lowest BCUT2D eigenvalue weighted by molar-refractivity contribution is -0.247. The van der Waals surface area contributed by atoms with Gasteiger partial charge < -0.3 is 29.0 Å². The number of Topliss-reactive ketones (excluding diaryl/α,β-unsaturated/α-hetero) is 1. The van der Waals surface area contributed by atoms with Crippen molar-refractivity contribution in [2.45, 2.75) is 79.0 Å². The first kappa shape index (κ1) is 22.4. The van der Waals surface area contributed by atoms with Gasteiger partial charge >= 0.3 is 23.9 Å². The van der Waals surface area contributed by atoms with E-state index in [1.807, 2.05) is 0 Å². The van der Waals surface area contributed by atoms with Crippen LogP contribution in [-0.4, -0.2) is 71.9 Å². The highest BCUT2D eigenvalue weighted by atomic mass is 32.1. The molecule has 1 aliphatic rings. The number of aromatic nitrogens is 1. The molecule has 0 spiro atoms. The smallest absolute Gasteiger partial charge is 0.303 e. The Morgan fingerprint density at radius 3 is 2.11 bits per heavy atom. The summed E-state index contributed by atoms with van der Waals surface area (Å²) in [5.41, 5.74) is -0.700. The lowest BCUT2D eigenvalue weighted by Gasteiger charge is -2.44. The summed E-state index contributed by atoms with van der Waals surface area (Å²) in [7, 11) is 0. The third-order valence-corrected chi connectivity index (χ3v) is 5.45. The predicted octanol–water partition coefficient (Wildman–Crippen LogP) is 1.87. The van der Waals surface area contributed by atoms with Crippen LogP contribution < -0.4 is 5.32 Å². The largest absolute Gasteiger partial charge is 0.463 e. The Hall–Kier alpha value is -3.06. The van der Waals surface area contributed by atoms with Crippen LogP contribution in [0.2, 0.25) is 0 Å². The predicted molar refractivity (Wildman–Crippen MR) is 121 cm³/mol. The monoisotopic (exact) mass is 518 g/mol. The molecule has 1 aromatic heterocycles. The van der Waals surface area contributed by atoms with Gasteiger partial charge in [-0.05, 0) is 0 Å². The average molecular weight is 519 g/mol. The molecule has 1 saturated heterocycles. The van der Waals surface area contributed by atoms with E-state index in [2.05, 4.69) is 10.3 Å². The zero-order valence-electron chi connectivity index (χ0n) is 23.4. The number of hydrogen-bond acceptors (Lipinski definition) is 13. The number of thiazole rings is 1. The van der Waals surface area contributed by atoms with Crippen LogP contribution in [0.5, 0.6) is 0 Å². The Morgan fingerprint density at radius 2 is 1.54 bits per heavy atom. The van der Waals surface area contributed by atoms with Gasteiger partial charge in [-0.1, -0.05) is 32.1 Å². The highest BCUT2D eigenvalue weighted by molar-refractivity contribution is 7.17. The Bertz CT molecular complexity index is 1050. The second kappa shape index (κ2) is 11.6. The normalized spacial score (nSPS) is 25.6. The molecule has 13 heteroatoms. The summed E-state index contributed by atoms with van der Waals surface area (Å²) in [6.07, 6.45) is -6.21. The Labute approximate surface area is 212 Å². The summed E-state index contributed by atoms with van der Waals surface area (Å²) in [4.78, 5) is 65.1. The molecule has 1 unspecified atom stereocenters. The highest BCUT2D eigenvalue weighted by Crippen LogP contribution is 2.32. The number of anilines is 1.